The Morgan fingerprint density at radius 3 is 2.64 bits per heavy atom. The Balaban J connectivity index is 1.73. The molecule has 0 radical (unpaired) electrons. The zero-order chi connectivity index (χ0) is 10.2. The van der Waals surface area contributed by atoms with Crippen LogP contribution < -0.4 is 5.32 Å². The molecule has 4 heteroatoms. The summed E-state index contributed by atoms with van der Waals surface area (Å²) in [5.41, 5.74) is 0. The van der Waals surface area contributed by atoms with Crippen molar-refractivity contribution in [3.05, 3.63) is 0 Å². The van der Waals surface area contributed by atoms with Gasteiger partial charge in [-0.15, -0.1) is 0 Å². The van der Waals surface area contributed by atoms with E-state index in [4.69, 9.17) is 5.11 Å². The molecule has 2 aliphatic rings. The van der Waals surface area contributed by atoms with E-state index in [2.05, 4.69) is 11.6 Å². The lowest BCUT2D eigenvalue weighted by molar-refractivity contribution is -0.146. The molecule has 80 valence electrons. The largest absolute Gasteiger partial charge is 0.481 e. The molecule has 2 unspecified atom stereocenters. The third-order valence-corrected chi connectivity index (χ3v) is 4.94. The summed E-state index contributed by atoms with van der Waals surface area (Å²) in [5, 5.41) is 12.3. The van der Waals surface area contributed by atoms with Gasteiger partial charge in [-0.2, -0.15) is 11.8 Å². The lowest BCUT2D eigenvalue weighted by Crippen LogP contribution is -2.49. The molecular formula is C10H17NO2S. The maximum Gasteiger partial charge on any atom is 0.308 e. The van der Waals surface area contributed by atoms with Crippen LogP contribution in [0.15, 0.2) is 0 Å². The summed E-state index contributed by atoms with van der Waals surface area (Å²) in [5.74, 6) is -0.768. The predicted octanol–water partition coefficient (Wildman–Crippen LogP) is 1.33. The zero-order valence-electron chi connectivity index (χ0n) is 8.45. The summed E-state index contributed by atoms with van der Waals surface area (Å²) in [6.45, 7) is 0.989. The molecule has 2 saturated carbocycles. The molecule has 2 aliphatic carbocycles. The molecule has 2 N–H and O–H groups in total. The topological polar surface area (TPSA) is 49.3 Å². The second-order valence-corrected chi connectivity index (χ2v) is 5.67. The van der Waals surface area contributed by atoms with Crippen molar-refractivity contribution in [3.8, 4) is 0 Å². The number of carboxylic acid groups (broad SMARTS) is 1. The predicted molar refractivity (Wildman–Crippen MR) is 57.6 cm³/mol. The summed E-state index contributed by atoms with van der Waals surface area (Å²) < 4.78 is 0.443. The molecular weight excluding hydrogens is 198 g/mol. The van der Waals surface area contributed by atoms with Crippen molar-refractivity contribution < 1.29 is 9.90 Å². The van der Waals surface area contributed by atoms with Crippen LogP contribution in [0.2, 0.25) is 0 Å². The Labute approximate surface area is 88.6 Å². The van der Waals surface area contributed by atoms with E-state index < -0.39 is 5.97 Å². The van der Waals surface area contributed by atoms with Gasteiger partial charge in [0.05, 0.1) is 5.92 Å². The Morgan fingerprint density at radius 1 is 1.57 bits per heavy atom. The lowest BCUT2D eigenvalue weighted by Gasteiger charge is -2.35. The second kappa shape index (κ2) is 3.74. The molecule has 0 saturated heterocycles. The van der Waals surface area contributed by atoms with Crippen molar-refractivity contribution in [3.63, 3.8) is 0 Å². The smallest absolute Gasteiger partial charge is 0.308 e. The van der Waals surface area contributed by atoms with Crippen LogP contribution in [0.5, 0.6) is 0 Å². The van der Waals surface area contributed by atoms with Gasteiger partial charge in [0.1, 0.15) is 0 Å². The number of aliphatic carboxylic acids is 1. The van der Waals surface area contributed by atoms with Gasteiger partial charge in [0.15, 0.2) is 0 Å². The quantitative estimate of drug-likeness (QED) is 0.726. The van der Waals surface area contributed by atoms with E-state index in [0.717, 1.165) is 19.4 Å². The molecule has 0 aromatic carbocycles. The van der Waals surface area contributed by atoms with Crippen LogP contribution in [0.25, 0.3) is 0 Å². The van der Waals surface area contributed by atoms with E-state index in [9.17, 15) is 4.79 Å². The maximum absolute atomic E-state index is 10.8. The highest BCUT2D eigenvalue weighted by molar-refractivity contribution is 8.00. The van der Waals surface area contributed by atoms with Crippen LogP contribution in [0.3, 0.4) is 0 Å². The SMILES string of the molecule is CSC1(CNC2CCC2C(=O)O)CC1. The van der Waals surface area contributed by atoms with Crippen molar-refractivity contribution in [1.82, 2.24) is 5.32 Å². The highest BCUT2D eigenvalue weighted by Crippen LogP contribution is 2.46. The van der Waals surface area contributed by atoms with Gasteiger partial charge < -0.3 is 10.4 Å². The Kier molecular flexibility index (Phi) is 2.75. The average Bonchev–Trinajstić information content (AvgIpc) is 2.82. The molecule has 0 amide bonds. The number of carboxylic acids is 1. The summed E-state index contributed by atoms with van der Waals surface area (Å²) in [6, 6.07) is 0.233. The van der Waals surface area contributed by atoms with E-state index >= 15 is 0 Å². The summed E-state index contributed by atoms with van der Waals surface area (Å²) >= 11 is 1.91. The average molecular weight is 215 g/mol. The Bertz CT molecular complexity index is 240. The number of hydrogen-bond acceptors (Lipinski definition) is 3. The van der Waals surface area contributed by atoms with Crippen molar-refractivity contribution in [2.45, 2.75) is 36.5 Å². The first-order chi connectivity index (χ1) is 6.67. The second-order valence-electron chi connectivity index (χ2n) is 4.40. The standard InChI is InChI=1S/C10H17NO2S/c1-14-10(4-5-10)6-11-8-3-2-7(8)9(12)13/h7-8,11H,2-6H2,1H3,(H,12,13). The highest BCUT2D eigenvalue weighted by Gasteiger charge is 2.44. The van der Waals surface area contributed by atoms with Gasteiger partial charge in [0.25, 0.3) is 0 Å². The van der Waals surface area contributed by atoms with Crippen LogP contribution in [-0.4, -0.2) is 34.7 Å². The highest BCUT2D eigenvalue weighted by atomic mass is 32.2. The van der Waals surface area contributed by atoms with E-state index in [0.29, 0.717) is 4.75 Å². The molecule has 3 nitrogen and oxygen atoms in total. The first kappa shape index (κ1) is 10.3. The fraction of sp³-hybridized carbons (Fsp3) is 0.900. The van der Waals surface area contributed by atoms with Crippen molar-refractivity contribution >= 4 is 17.7 Å². The molecule has 0 aromatic rings. The number of carbonyl (C=O) groups is 1. The van der Waals surface area contributed by atoms with E-state index in [1.807, 2.05) is 11.8 Å². The van der Waals surface area contributed by atoms with Gasteiger partial charge in [-0.25, -0.2) is 0 Å². The number of hydrogen-bond donors (Lipinski definition) is 2. The molecule has 2 rings (SSSR count). The van der Waals surface area contributed by atoms with Crippen LogP contribution >= 0.6 is 11.8 Å². The van der Waals surface area contributed by atoms with Crippen molar-refractivity contribution in [1.29, 1.82) is 0 Å². The molecule has 0 heterocycles. The minimum atomic E-state index is -0.636. The van der Waals surface area contributed by atoms with Gasteiger partial charge in [-0.1, -0.05) is 0 Å². The van der Waals surface area contributed by atoms with E-state index in [1.165, 1.54) is 12.8 Å². The van der Waals surface area contributed by atoms with Crippen LogP contribution in [-0.2, 0) is 4.79 Å². The normalized spacial score (nSPS) is 33.5. The van der Waals surface area contributed by atoms with Gasteiger partial charge in [0.2, 0.25) is 0 Å². The first-order valence-corrected chi connectivity index (χ1v) is 6.41. The van der Waals surface area contributed by atoms with Crippen molar-refractivity contribution in [2.24, 2.45) is 5.92 Å². The van der Waals surface area contributed by atoms with Gasteiger partial charge in [-0.3, -0.25) is 4.79 Å². The Morgan fingerprint density at radius 2 is 2.29 bits per heavy atom. The van der Waals surface area contributed by atoms with E-state index in [1.54, 1.807) is 0 Å². The number of nitrogens with one attached hydrogen (secondary N) is 1. The van der Waals surface area contributed by atoms with Gasteiger partial charge in [-0.05, 0) is 31.9 Å². The number of thioether (sulfide) groups is 1. The van der Waals surface area contributed by atoms with Gasteiger partial charge in [0, 0.05) is 17.3 Å². The minimum absolute atomic E-state index is 0.132. The zero-order valence-corrected chi connectivity index (χ0v) is 9.27. The lowest BCUT2D eigenvalue weighted by atomic mass is 9.79. The Hall–Kier alpha value is -0.220. The van der Waals surface area contributed by atoms with Crippen LogP contribution in [0.4, 0.5) is 0 Å². The summed E-state index contributed by atoms with van der Waals surface area (Å²) in [4.78, 5) is 10.8. The molecule has 0 aromatic heterocycles. The van der Waals surface area contributed by atoms with Crippen molar-refractivity contribution in [2.75, 3.05) is 12.8 Å². The fourth-order valence-corrected chi connectivity index (χ4v) is 2.69. The molecule has 0 spiro atoms. The van der Waals surface area contributed by atoms with Crippen LogP contribution in [0.1, 0.15) is 25.7 Å². The van der Waals surface area contributed by atoms with Gasteiger partial charge >= 0.3 is 5.97 Å². The minimum Gasteiger partial charge on any atom is -0.481 e. The monoisotopic (exact) mass is 215 g/mol. The third kappa shape index (κ3) is 1.91. The first-order valence-electron chi connectivity index (χ1n) is 5.18. The van der Waals surface area contributed by atoms with E-state index in [-0.39, 0.29) is 12.0 Å². The molecule has 2 atom stereocenters. The maximum atomic E-state index is 10.8. The fourth-order valence-electron chi connectivity index (χ4n) is 1.95. The molecule has 0 bridgehead atoms. The molecule has 2 fully saturated rings. The van der Waals surface area contributed by atoms with Crippen LogP contribution in [0, 0.1) is 5.92 Å². The molecule has 0 aliphatic heterocycles. The summed E-state index contributed by atoms with van der Waals surface area (Å²) in [7, 11) is 0. The number of rotatable bonds is 5. The summed E-state index contributed by atoms with van der Waals surface area (Å²) in [6.07, 6.45) is 6.59. The molecule has 14 heavy (non-hydrogen) atoms. The third-order valence-electron chi connectivity index (χ3n) is 3.52.